The normalized spacial score (nSPS) is 25.9. The van der Waals surface area contributed by atoms with Crippen LogP contribution in [0, 0.1) is 0 Å². The number of para-hydroxylation sites is 1. The first-order valence-electron chi connectivity index (χ1n) is 7.57. The Morgan fingerprint density at radius 1 is 1.25 bits per heavy atom. The van der Waals surface area contributed by atoms with Gasteiger partial charge in [-0.3, -0.25) is 4.90 Å². The third kappa shape index (κ3) is 2.60. The minimum absolute atomic E-state index is 0.540. The molecule has 0 spiro atoms. The molecule has 2 heterocycles. The maximum Gasteiger partial charge on any atom is 0.135 e. The zero-order valence-electron chi connectivity index (χ0n) is 12.2. The molecule has 1 unspecified atom stereocenters. The fraction of sp³-hybridized carbons (Fsp3) is 0.529. The molecule has 1 N–H and O–H groups in total. The van der Waals surface area contributed by atoms with Gasteiger partial charge in [-0.1, -0.05) is 24.6 Å². The SMILES string of the molecule is C[C@@H]1CCC[C@H](C)N1CC(O)c1cc2ccccc2o1. The summed E-state index contributed by atoms with van der Waals surface area (Å²) in [6.45, 7) is 5.16. The fourth-order valence-electron chi connectivity index (χ4n) is 3.29. The van der Waals surface area contributed by atoms with Crippen LogP contribution in [0.4, 0.5) is 0 Å². The number of piperidine rings is 1. The van der Waals surface area contributed by atoms with Crippen LogP contribution in [0.15, 0.2) is 34.7 Å². The van der Waals surface area contributed by atoms with Gasteiger partial charge >= 0.3 is 0 Å². The van der Waals surface area contributed by atoms with Gasteiger partial charge in [0.25, 0.3) is 0 Å². The average molecular weight is 273 g/mol. The largest absolute Gasteiger partial charge is 0.458 e. The average Bonchev–Trinajstić information content (AvgIpc) is 2.87. The third-order valence-electron chi connectivity index (χ3n) is 4.53. The number of aliphatic hydroxyl groups excluding tert-OH is 1. The summed E-state index contributed by atoms with van der Waals surface area (Å²) in [5.41, 5.74) is 0.848. The Bertz CT molecular complexity index is 534. The first kappa shape index (κ1) is 13.7. The van der Waals surface area contributed by atoms with Crippen LogP contribution in [-0.2, 0) is 0 Å². The van der Waals surface area contributed by atoms with Gasteiger partial charge in [-0.05, 0) is 38.8 Å². The van der Waals surface area contributed by atoms with Crippen LogP contribution in [-0.4, -0.2) is 28.6 Å². The Morgan fingerprint density at radius 3 is 2.65 bits per heavy atom. The van der Waals surface area contributed by atoms with Crippen molar-refractivity contribution in [2.24, 2.45) is 0 Å². The Balaban J connectivity index is 1.76. The van der Waals surface area contributed by atoms with E-state index in [-0.39, 0.29) is 0 Å². The molecule has 2 aromatic rings. The van der Waals surface area contributed by atoms with Crippen LogP contribution in [0.3, 0.4) is 0 Å². The second-order valence-electron chi connectivity index (χ2n) is 6.03. The van der Waals surface area contributed by atoms with Gasteiger partial charge < -0.3 is 9.52 Å². The van der Waals surface area contributed by atoms with Crippen LogP contribution >= 0.6 is 0 Å². The van der Waals surface area contributed by atoms with Crippen molar-refractivity contribution in [3.05, 3.63) is 36.1 Å². The van der Waals surface area contributed by atoms with Gasteiger partial charge in [-0.15, -0.1) is 0 Å². The molecular formula is C17H23NO2. The predicted molar refractivity (Wildman–Crippen MR) is 80.7 cm³/mol. The quantitative estimate of drug-likeness (QED) is 0.925. The molecule has 1 aromatic carbocycles. The number of benzene rings is 1. The topological polar surface area (TPSA) is 36.6 Å². The minimum atomic E-state index is -0.551. The predicted octanol–water partition coefficient (Wildman–Crippen LogP) is 3.73. The van der Waals surface area contributed by atoms with Crippen molar-refractivity contribution in [3.63, 3.8) is 0 Å². The number of aliphatic hydroxyl groups is 1. The summed E-state index contributed by atoms with van der Waals surface area (Å²) in [4.78, 5) is 2.40. The summed E-state index contributed by atoms with van der Waals surface area (Å²) in [6.07, 6.45) is 3.18. The van der Waals surface area contributed by atoms with E-state index in [9.17, 15) is 5.11 Å². The molecule has 108 valence electrons. The molecule has 0 saturated carbocycles. The summed E-state index contributed by atoms with van der Waals surface area (Å²) < 4.78 is 5.77. The Morgan fingerprint density at radius 2 is 1.95 bits per heavy atom. The Labute approximate surface area is 120 Å². The van der Waals surface area contributed by atoms with Crippen LogP contribution < -0.4 is 0 Å². The zero-order valence-corrected chi connectivity index (χ0v) is 12.2. The number of hydrogen-bond donors (Lipinski definition) is 1. The standard InChI is InChI=1S/C17H23NO2/c1-12-6-5-7-13(2)18(12)11-15(19)17-10-14-8-3-4-9-16(14)20-17/h3-4,8-10,12-13,15,19H,5-7,11H2,1-2H3/t12-,13+,15?. The van der Waals surface area contributed by atoms with Gasteiger partial charge in [-0.25, -0.2) is 0 Å². The van der Waals surface area contributed by atoms with Crippen LogP contribution in [0.2, 0.25) is 0 Å². The van der Waals surface area contributed by atoms with E-state index in [0.717, 1.165) is 11.0 Å². The Hall–Kier alpha value is -1.32. The highest BCUT2D eigenvalue weighted by atomic mass is 16.4. The summed E-state index contributed by atoms with van der Waals surface area (Å²) in [7, 11) is 0. The monoisotopic (exact) mass is 273 g/mol. The molecule has 3 rings (SSSR count). The van der Waals surface area contributed by atoms with Crippen molar-refractivity contribution in [1.82, 2.24) is 4.90 Å². The molecule has 20 heavy (non-hydrogen) atoms. The first-order valence-corrected chi connectivity index (χ1v) is 7.57. The smallest absolute Gasteiger partial charge is 0.135 e. The zero-order chi connectivity index (χ0) is 14.1. The molecule has 1 aliphatic rings. The first-order chi connectivity index (χ1) is 9.65. The molecule has 0 amide bonds. The number of rotatable bonds is 3. The number of hydrogen-bond acceptors (Lipinski definition) is 3. The summed E-state index contributed by atoms with van der Waals surface area (Å²) >= 11 is 0. The molecule has 1 fully saturated rings. The van der Waals surface area contributed by atoms with Crippen molar-refractivity contribution in [3.8, 4) is 0 Å². The van der Waals surface area contributed by atoms with Crippen molar-refractivity contribution < 1.29 is 9.52 Å². The van der Waals surface area contributed by atoms with Crippen LogP contribution in [0.25, 0.3) is 11.0 Å². The lowest BCUT2D eigenvalue weighted by molar-refractivity contribution is 0.0330. The van der Waals surface area contributed by atoms with Crippen molar-refractivity contribution in [2.75, 3.05) is 6.54 Å². The maximum absolute atomic E-state index is 10.5. The molecule has 0 aliphatic carbocycles. The minimum Gasteiger partial charge on any atom is -0.458 e. The van der Waals surface area contributed by atoms with E-state index >= 15 is 0 Å². The highest BCUT2D eigenvalue weighted by Gasteiger charge is 2.27. The van der Waals surface area contributed by atoms with E-state index in [1.54, 1.807) is 0 Å². The number of likely N-dealkylation sites (tertiary alicyclic amines) is 1. The van der Waals surface area contributed by atoms with E-state index < -0.39 is 6.10 Å². The van der Waals surface area contributed by atoms with Gasteiger partial charge in [0, 0.05) is 24.0 Å². The second-order valence-corrected chi connectivity index (χ2v) is 6.03. The van der Waals surface area contributed by atoms with E-state index in [1.165, 1.54) is 19.3 Å². The lowest BCUT2D eigenvalue weighted by atomic mass is 9.97. The lowest BCUT2D eigenvalue weighted by Gasteiger charge is -2.39. The van der Waals surface area contributed by atoms with Crippen LogP contribution in [0.5, 0.6) is 0 Å². The van der Waals surface area contributed by atoms with Crippen molar-refractivity contribution in [1.29, 1.82) is 0 Å². The maximum atomic E-state index is 10.5. The van der Waals surface area contributed by atoms with Crippen LogP contribution in [0.1, 0.15) is 45.0 Å². The number of fused-ring (bicyclic) bond motifs is 1. The van der Waals surface area contributed by atoms with E-state index in [0.29, 0.717) is 24.4 Å². The molecule has 0 radical (unpaired) electrons. The molecule has 3 nitrogen and oxygen atoms in total. The van der Waals surface area contributed by atoms with Gasteiger partial charge in [0.2, 0.25) is 0 Å². The fourth-order valence-corrected chi connectivity index (χ4v) is 3.29. The van der Waals surface area contributed by atoms with Crippen molar-refractivity contribution in [2.45, 2.75) is 51.3 Å². The summed E-state index contributed by atoms with van der Waals surface area (Å²) in [5.74, 6) is 0.677. The van der Waals surface area contributed by atoms with Gasteiger partial charge in [-0.2, -0.15) is 0 Å². The molecule has 1 saturated heterocycles. The van der Waals surface area contributed by atoms with Gasteiger partial charge in [0.15, 0.2) is 0 Å². The van der Waals surface area contributed by atoms with E-state index in [2.05, 4.69) is 18.7 Å². The molecular weight excluding hydrogens is 250 g/mol. The third-order valence-corrected chi connectivity index (χ3v) is 4.53. The number of furan rings is 1. The molecule has 1 aliphatic heterocycles. The highest BCUT2D eigenvalue weighted by Crippen LogP contribution is 2.28. The van der Waals surface area contributed by atoms with Crippen molar-refractivity contribution >= 4 is 11.0 Å². The van der Waals surface area contributed by atoms with E-state index in [4.69, 9.17) is 4.42 Å². The van der Waals surface area contributed by atoms with Gasteiger partial charge in [0.1, 0.15) is 17.4 Å². The Kier molecular flexibility index (Phi) is 3.81. The number of nitrogens with zero attached hydrogens (tertiary/aromatic N) is 1. The summed E-state index contributed by atoms with van der Waals surface area (Å²) in [5, 5.41) is 11.5. The molecule has 1 aromatic heterocycles. The highest BCUT2D eigenvalue weighted by molar-refractivity contribution is 5.77. The van der Waals surface area contributed by atoms with E-state index in [1.807, 2.05) is 30.3 Å². The molecule has 0 bridgehead atoms. The molecule has 3 atom stereocenters. The summed E-state index contributed by atoms with van der Waals surface area (Å²) in [6, 6.07) is 10.9. The van der Waals surface area contributed by atoms with Gasteiger partial charge in [0.05, 0.1) is 0 Å². The number of β-amino-alcohol motifs (C(OH)–C–C–N with tert-alkyl or cyclic N) is 1. The lowest BCUT2D eigenvalue weighted by Crippen LogP contribution is -2.45. The molecule has 3 heteroatoms. The second kappa shape index (κ2) is 5.58.